The van der Waals surface area contributed by atoms with Crippen molar-refractivity contribution in [2.75, 3.05) is 19.6 Å². The summed E-state index contributed by atoms with van der Waals surface area (Å²) < 4.78 is 0. The van der Waals surface area contributed by atoms with Gasteiger partial charge in [-0.3, -0.25) is 4.79 Å². The van der Waals surface area contributed by atoms with Gasteiger partial charge in [0, 0.05) is 13.1 Å². The van der Waals surface area contributed by atoms with Gasteiger partial charge in [0.1, 0.15) is 0 Å². The van der Waals surface area contributed by atoms with Crippen LogP contribution in [0.15, 0.2) is 0 Å². The van der Waals surface area contributed by atoms with Crippen LogP contribution in [-0.4, -0.2) is 25.5 Å². The Morgan fingerprint density at radius 1 is 1.53 bits per heavy atom. The Morgan fingerprint density at radius 3 is 2.73 bits per heavy atom. The van der Waals surface area contributed by atoms with Gasteiger partial charge in [-0.05, 0) is 37.1 Å². The zero-order chi connectivity index (χ0) is 10.9. The van der Waals surface area contributed by atoms with Gasteiger partial charge in [0.15, 0.2) is 0 Å². The minimum atomic E-state index is 0.216. The quantitative estimate of drug-likeness (QED) is 0.731. The van der Waals surface area contributed by atoms with Crippen LogP contribution in [0.25, 0.3) is 0 Å². The van der Waals surface area contributed by atoms with E-state index in [1.165, 1.54) is 12.8 Å². The molecule has 1 saturated carbocycles. The maximum absolute atomic E-state index is 11.8. The fourth-order valence-electron chi connectivity index (χ4n) is 2.40. The second-order valence-corrected chi connectivity index (χ2v) is 5.42. The number of carbonyl (C=O) groups excluding carboxylic acids is 1. The van der Waals surface area contributed by atoms with Gasteiger partial charge >= 0.3 is 0 Å². The first kappa shape index (κ1) is 10.9. The third kappa shape index (κ3) is 2.33. The lowest BCUT2D eigenvalue weighted by molar-refractivity contribution is -0.124. The molecule has 2 aliphatic rings. The van der Waals surface area contributed by atoms with Crippen LogP contribution in [0.3, 0.4) is 0 Å². The Labute approximate surface area is 92.0 Å². The van der Waals surface area contributed by atoms with Crippen LogP contribution >= 0.6 is 0 Å². The van der Waals surface area contributed by atoms with E-state index in [2.05, 4.69) is 24.5 Å². The third-order valence-electron chi connectivity index (χ3n) is 4.16. The minimum Gasteiger partial charge on any atom is -0.355 e. The topological polar surface area (TPSA) is 41.1 Å². The number of nitrogens with one attached hydrogen (secondary N) is 2. The van der Waals surface area contributed by atoms with Crippen molar-refractivity contribution in [2.45, 2.75) is 33.1 Å². The van der Waals surface area contributed by atoms with Gasteiger partial charge in [0.2, 0.25) is 5.91 Å². The van der Waals surface area contributed by atoms with E-state index in [0.29, 0.717) is 11.3 Å². The highest BCUT2D eigenvalue weighted by atomic mass is 16.1. The van der Waals surface area contributed by atoms with Crippen molar-refractivity contribution >= 4 is 5.91 Å². The standard InChI is InChI=1S/C12H22N2O/c1-9(2)12(4-5-12)8-14-11(15)10-3-6-13-7-10/h9-10,13H,3-8H2,1-2H3,(H,14,15)/t10-/m1/s1. The fourth-order valence-corrected chi connectivity index (χ4v) is 2.40. The molecule has 1 heterocycles. The average Bonchev–Trinajstić information content (AvgIpc) is 2.80. The monoisotopic (exact) mass is 210 g/mol. The van der Waals surface area contributed by atoms with E-state index in [-0.39, 0.29) is 11.8 Å². The molecule has 86 valence electrons. The Hall–Kier alpha value is -0.570. The second-order valence-electron chi connectivity index (χ2n) is 5.42. The zero-order valence-electron chi connectivity index (χ0n) is 9.81. The molecule has 2 N–H and O–H groups in total. The molecule has 0 bridgehead atoms. The first-order valence-corrected chi connectivity index (χ1v) is 6.12. The van der Waals surface area contributed by atoms with E-state index in [0.717, 1.165) is 26.1 Å². The molecular weight excluding hydrogens is 188 g/mol. The average molecular weight is 210 g/mol. The van der Waals surface area contributed by atoms with Gasteiger partial charge in [-0.15, -0.1) is 0 Å². The zero-order valence-corrected chi connectivity index (χ0v) is 9.81. The predicted octanol–water partition coefficient (Wildman–Crippen LogP) is 1.15. The van der Waals surface area contributed by atoms with Gasteiger partial charge in [-0.1, -0.05) is 13.8 Å². The van der Waals surface area contributed by atoms with Crippen LogP contribution in [0.2, 0.25) is 0 Å². The summed E-state index contributed by atoms with van der Waals surface area (Å²) in [7, 11) is 0. The Balaban J connectivity index is 1.75. The number of carbonyl (C=O) groups is 1. The van der Waals surface area contributed by atoms with Crippen molar-refractivity contribution < 1.29 is 4.79 Å². The van der Waals surface area contributed by atoms with Crippen LogP contribution in [0, 0.1) is 17.3 Å². The summed E-state index contributed by atoms with van der Waals surface area (Å²) in [4.78, 5) is 11.8. The number of hydrogen-bond donors (Lipinski definition) is 2. The first-order chi connectivity index (χ1) is 7.14. The summed E-state index contributed by atoms with van der Waals surface area (Å²) in [5.41, 5.74) is 0.432. The third-order valence-corrected chi connectivity index (χ3v) is 4.16. The van der Waals surface area contributed by atoms with Crippen molar-refractivity contribution in [2.24, 2.45) is 17.3 Å². The van der Waals surface area contributed by atoms with Crippen LogP contribution in [0.4, 0.5) is 0 Å². The lowest BCUT2D eigenvalue weighted by atomic mass is 9.92. The Bertz CT molecular complexity index is 240. The van der Waals surface area contributed by atoms with E-state index in [1.807, 2.05) is 0 Å². The van der Waals surface area contributed by atoms with Crippen molar-refractivity contribution in [3.8, 4) is 0 Å². The summed E-state index contributed by atoms with van der Waals surface area (Å²) in [5, 5.41) is 6.36. The lowest BCUT2D eigenvalue weighted by Gasteiger charge is -2.21. The molecule has 1 aliphatic carbocycles. The van der Waals surface area contributed by atoms with Gasteiger partial charge in [0.05, 0.1) is 5.92 Å². The van der Waals surface area contributed by atoms with E-state index in [1.54, 1.807) is 0 Å². The van der Waals surface area contributed by atoms with E-state index >= 15 is 0 Å². The van der Waals surface area contributed by atoms with Crippen LogP contribution in [-0.2, 0) is 4.79 Å². The number of amides is 1. The highest BCUT2D eigenvalue weighted by Crippen LogP contribution is 2.51. The normalized spacial score (nSPS) is 28.1. The lowest BCUT2D eigenvalue weighted by Crippen LogP contribution is -2.37. The van der Waals surface area contributed by atoms with E-state index in [4.69, 9.17) is 0 Å². The molecular formula is C12H22N2O. The van der Waals surface area contributed by atoms with Crippen LogP contribution in [0.5, 0.6) is 0 Å². The highest BCUT2D eigenvalue weighted by molar-refractivity contribution is 5.79. The predicted molar refractivity (Wildman–Crippen MR) is 60.5 cm³/mol. The SMILES string of the molecule is CC(C)C1(CNC(=O)[C@@H]2CCNC2)CC1. The Kier molecular flexibility index (Phi) is 3.01. The smallest absolute Gasteiger partial charge is 0.224 e. The summed E-state index contributed by atoms with van der Waals surface area (Å²) >= 11 is 0. The summed E-state index contributed by atoms with van der Waals surface area (Å²) in [6.07, 6.45) is 3.57. The maximum atomic E-state index is 11.8. The molecule has 3 nitrogen and oxygen atoms in total. The molecule has 2 fully saturated rings. The molecule has 0 spiro atoms. The van der Waals surface area contributed by atoms with Gasteiger partial charge in [0.25, 0.3) is 0 Å². The van der Waals surface area contributed by atoms with Crippen LogP contribution in [0.1, 0.15) is 33.1 Å². The first-order valence-electron chi connectivity index (χ1n) is 6.12. The molecule has 0 aromatic carbocycles. The van der Waals surface area contributed by atoms with Gasteiger partial charge < -0.3 is 10.6 Å². The molecule has 0 unspecified atom stereocenters. The molecule has 1 amide bonds. The van der Waals surface area contributed by atoms with Crippen molar-refractivity contribution in [3.05, 3.63) is 0 Å². The van der Waals surface area contributed by atoms with E-state index in [9.17, 15) is 4.79 Å². The highest BCUT2D eigenvalue weighted by Gasteiger charge is 2.45. The van der Waals surface area contributed by atoms with E-state index < -0.39 is 0 Å². The summed E-state index contributed by atoms with van der Waals surface area (Å²) in [6, 6.07) is 0. The van der Waals surface area contributed by atoms with Crippen molar-refractivity contribution in [1.29, 1.82) is 0 Å². The van der Waals surface area contributed by atoms with Gasteiger partial charge in [-0.25, -0.2) is 0 Å². The number of hydrogen-bond acceptors (Lipinski definition) is 2. The molecule has 0 aromatic heterocycles. The largest absolute Gasteiger partial charge is 0.355 e. The second kappa shape index (κ2) is 4.12. The molecule has 0 radical (unpaired) electrons. The molecule has 1 atom stereocenters. The summed E-state index contributed by atoms with van der Waals surface area (Å²) in [6.45, 7) is 7.26. The van der Waals surface area contributed by atoms with Gasteiger partial charge in [-0.2, -0.15) is 0 Å². The molecule has 15 heavy (non-hydrogen) atoms. The minimum absolute atomic E-state index is 0.216. The molecule has 1 aliphatic heterocycles. The van der Waals surface area contributed by atoms with Crippen LogP contribution < -0.4 is 10.6 Å². The Morgan fingerprint density at radius 2 is 2.27 bits per heavy atom. The maximum Gasteiger partial charge on any atom is 0.224 e. The molecule has 0 aromatic rings. The van der Waals surface area contributed by atoms with Crippen molar-refractivity contribution in [1.82, 2.24) is 10.6 Å². The van der Waals surface area contributed by atoms with Crippen molar-refractivity contribution in [3.63, 3.8) is 0 Å². The molecule has 1 saturated heterocycles. The molecule has 2 rings (SSSR count). The fraction of sp³-hybridized carbons (Fsp3) is 0.917. The molecule has 3 heteroatoms. The number of rotatable bonds is 4. The summed E-state index contributed by atoms with van der Waals surface area (Å²) in [5.74, 6) is 1.17.